The van der Waals surface area contributed by atoms with Crippen LogP contribution in [0.15, 0.2) is 12.4 Å². The van der Waals surface area contributed by atoms with Crippen LogP contribution in [0.2, 0.25) is 0 Å². The Morgan fingerprint density at radius 2 is 2.00 bits per heavy atom. The van der Waals surface area contributed by atoms with Crippen LogP contribution < -0.4 is 5.32 Å². The summed E-state index contributed by atoms with van der Waals surface area (Å²) in [6, 6.07) is -0.188. The lowest BCUT2D eigenvalue weighted by atomic mass is 10.2. The summed E-state index contributed by atoms with van der Waals surface area (Å²) >= 11 is 0. The van der Waals surface area contributed by atoms with Crippen LogP contribution in [0.25, 0.3) is 0 Å². The average molecular weight is 250 g/mol. The van der Waals surface area contributed by atoms with Crippen molar-refractivity contribution in [1.82, 2.24) is 14.7 Å². The predicted octanol–water partition coefficient (Wildman–Crippen LogP) is 1.62. The van der Waals surface area contributed by atoms with Crippen LogP contribution in [0.3, 0.4) is 0 Å². The minimum Gasteiger partial charge on any atom is -0.371 e. The molecule has 0 bridgehead atoms. The lowest BCUT2D eigenvalue weighted by Gasteiger charge is -2.24. The third kappa shape index (κ3) is 3.24. The van der Waals surface area contributed by atoms with E-state index in [-0.39, 0.29) is 11.9 Å². The van der Waals surface area contributed by atoms with E-state index < -0.39 is 0 Å². The van der Waals surface area contributed by atoms with Gasteiger partial charge in [0, 0.05) is 26.3 Å². The molecule has 0 aromatic carbocycles. The molecule has 1 amide bonds. The zero-order valence-corrected chi connectivity index (χ0v) is 11.2. The van der Waals surface area contributed by atoms with Gasteiger partial charge in [-0.1, -0.05) is 12.8 Å². The van der Waals surface area contributed by atoms with Crippen molar-refractivity contribution < 1.29 is 4.79 Å². The average Bonchev–Trinajstić information content (AvgIpc) is 2.62. The molecule has 2 rings (SSSR count). The molecule has 1 atom stereocenters. The first kappa shape index (κ1) is 12.9. The van der Waals surface area contributed by atoms with Crippen LogP contribution in [0.1, 0.15) is 32.6 Å². The number of hydrogen-bond acceptors (Lipinski definition) is 3. The van der Waals surface area contributed by atoms with E-state index >= 15 is 0 Å². The fourth-order valence-electron chi connectivity index (χ4n) is 2.37. The molecule has 1 aromatic heterocycles. The van der Waals surface area contributed by atoms with Gasteiger partial charge in [0.2, 0.25) is 5.91 Å². The summed E-state index contributed by atoms with van der Waals surface area (Å²) in [5.74, 6) is 0.195. The zero-order valence-electron chi connectivity index (χ0n) is 11.2. The van der Waals surface area contributed by atoms with Crippen LogP contribution in [-0.4, -0.2) is 39.7 Å². The first-order valence-corrected chi connectivity index (χ1v) is 6.71. The van der Waals surface area contributed by atoms with Crippen molar-refractivity contribution in [2.24, 2.45) is 7.05 Å². The Labute approximate surface area is 108 Å². The van der Waals surface area contributed by atoms with Gasteiger partial charge >= 0.3 is 0 Å². The molecule has 2 heterocycles. The number of amides is 1. The highest BCUT2D eigenvalue weighted by Crippen LogP contribution is 2.13. The first-order valence-electron chi connectivity index (χ1n) is 6.71. The molecule has 5 heteroatoms. The van der Waals surface area contributed by atoms with Gasteiger partial charge in [-0.3, -0.25) is 9.48 Å². The SMILES string of the molecule is CC(Nc1cnn(C)c1)C(=O)N1CCCCCC1. The number of aryl methyl sites for hydroxylation is 1. The number of nitrogens with zero attached hydrogens (tertiary/aromatic N) is 3. The summed E-state index contributed by atoms with van der Waals surface area (Å²) in [7, 11) is 1.87. The van der Waals surface area contributed by atoms with E-state index in [1.807, 2.05) is 25.1 Å². The molecule has 0 aliphatic carbocycles. The van der Waals surface area contributed by atoms with Gasteiger partial charge in [0.05, 0.1) is 11.9 Å². The number of carbonyl (C=O) groups is 1. The maximum atomic E-state index is 12.3. The topological polar surface area (TPSA) is 50.2 Å². The van der Waals surface area contributed by atoms with E-state index in [0.29, 0.717) is 0 Å². The van der Waals surface area contributed by atoms with Gasteiger partial charge in [-0.2, -0.15) is 5.10 Å². The molecule has 100 valence electrons. The quantitative estimate of drug-likeness (QED) is 0.887. The summed E-state index contributed by atoms with van der Waals surface area (Å²) in [5, 5.41) is 7.29. The smallest absolute Gasteiger partial charge is 0.244 e. The van der Waals surface area contributed by atoms with Crippen molar-refractivity contribution in [3.05, 3.63) is 12.4 Å². The Kier molecular flexibility index (Phi) is 4.23. The largest absolute Gasteiger partial charge is 0.371 e. The third-order valence-corrected chi connectivity index (χ3v) is 3.38. The van der Waals surface area contributed by atoms with E-state index in [9.17, 15) is 4.79 Å². The molecule has 1 aliphatic heterocycles. The second-order valence-corrected chi connectivity index (χ2v) is 5.01. The van der Waals surface area contributed by atoms with E-state index in [1.165, 1.54) is 12.8 Å². The van der Waals surface area contributed by atoms with Crippen molar-refractivity contribution in [2.75, 3.05) is 18.4 Å². The van der Waals surface area contributed by atoms with Gasteiger partial charge in [0.1, 0.15) is 6.04 Å². The van der Waals surface area contributed by atoms with E-state index in [1.54, 1.807) is 10.9 Å². The lowest BCUT2D eigenvalue weighted by Crippen LogP contribution is -2.41. The zero-order chi connectivity index (χ0) is 13.0. The number of anilines is 1. The summed E-state index contributed by atoms with van der Waals surface area (Å²) in [6.45, 7) is 3.72. The summed E-state index contributed by atoms with van der Waals surface area (Å²) < 4.78 is 1.73. The fourth-order valence-corrected chi connectivity index (χ4v) is 2.37. The maximum Gasteiger partial charge on any atom is 0.244 e. The molecule has 1 N–H and O–H groups in total. The molecule has 0 radical (unpaired) electrons. The van der Waals surface area contributed by atoms with Gasteiger partial charge < -0.3 is 10.2 Å². The number of hydrogen-bond donors (Lipinski definition) is 1. The molecule has 1 aromatic rings. The molecule has 5 nitrogen and oxygen atoms in total. The van der Waals surface area contributed by atoms with Crippen molar-refractivity contribution >= 4 is 11.6 Å². The van der Waals surface area contributed by atoms with Crippen molar-refractivity contribution in [2.45, 2.75) is 38.6 Å². The summed E-state index contributed by atoms with van der Waals surface area (Å²) in [4.78, 5) is 14.3. The maximum absolute atomic E-state index is 12.3. The Hall–Kier alpha value is -1.52. The van der Waals surface area contributed by atoms with Crippen LogP contribution in [0.5, 0.6) is 0 Å². The number of rotatable bonds is 3. The highest BCUT2D eigenvalue weighted by atomic mass is 16.2. The molecule has 1 unspecified atom stereocenters. The van der Waals surface area contributed by atoms with E-state index in [2.05, 4.69) is 10.4 Å². The second kappa shape index (κ2) is 5.89. The fraction of sp³-hybridized carbons (Fsp3) is 0.692. The van der Waals surface area contributed by atoms with Crippen molar-refractivity contribution in [3.63, 3.8) is 0 Å². The normalized spacial score (nSPS) is 18.2. The van der Waals surface area contributed by atoms with Crippen LogP contribution in [0, 0.1) is 0 Å². The van der Waals surface area contributed by atoms with Crippen molar-refractivity contribution in [3.8, 4) is 0 Å². The predicted molar refractivity (Wildman–Crippen MR) is 71.3 cm³/mol. The molecule has 0 saturated carbocycles. The Morgan fingerprint density at radius 1 is 1.33 bits per heavy atom. The number of carbonyl (C=O) groups excluding carboxylic acids is 1. The van der Waals surface area contributed by atoms with E-state index in [4.69, 9.17) is 0 Å². The third-order valence-electron chi connectivity index (χ3n) is 3.38. The number of nitrogens with one attached hydrogen (secondary N) is 1. The number of likely N-dealkylation sites (tertiary alicyclic amines) is 1. The van der Waals surface area contributed by atoms with Crippen LogP contribution in [-0.2, 0) is 11.8 Å². The summed E-state index contributed by atoms with van der Waals surface area (Å²) in [6.07, 6.45) is 8.37. The summed E-state index contributed by atoms with van der Waals surface area (Å²) in [5.41, 5.74) is 0.896. The van der Waals surface area contributed by atoms with Crippen molar-refractivity contribution in [1.29, 1.82) is 0 Å². The first-order chi connectivity index (χ1) is 8.66. The number of aromatic nitrogens is 2. The van der Waals surface area contributed by atoms with E-state index in [0.717, 1.165) is 31.6 Å². The van der Waals surface area contributed by atoms with Gasteiger partial charge in [-0.05, 0) is 19.8 Å². The minimum atomic E-state index is -0.188. The molecular weight excluding hydrogens is 228 g/mol. The van der Waals surface area contributed by atoms with Gasteiger partial charge in [-0.25, -0.2) is 0 Å². The monoisotopic (exact) mass is 250 g/mol. The highest BCUT2D eigenvalue weighted by Gasteiger charge is 2.21. The Balaban J connectivity index is 1.91. The Morgan fingerprint density at radius 3 is 2.56 bits per heavy atom. The molecule has 1 saturated heterocycles. The Bertz CT molecular complexity index is 393. The van der Waals surface area contributed by atoms with Gasteiger partial charge in [0.25, 0.3) is 0 Å². The van der Waals surface area contributed by atoms with Gasteiger partial charge in [0.15, 0.2) is 0 Å². The van der Waals surface area contributed by atoms with Gasteiger partial charge in [-0.15, -0.1) is 0 Å². The van der Waals surface area contributed by atoms with Crippen LogP contribution in [0.4, 0.5) is 5.69 Å². The lowest BCUT2D eigenvalue weighted by molar-refractivity contribution is -0.131. The molecule has 18 heavy (non-hydrogen) atoms. The second-order valence-electron chi connectivity index (χ2n) is 5.01. The molecular formula is C13H22N4O. The standard InChI is InChI=1S/C13H22N4O/c1-11(15-12-9-14-16(2)10-12)13(18)17-7-5-3-4-6-8-17/h9-11,15H,3-8H2,1-2H3. The minimum absolute atomic E-state index is 0.188. The molecule has 0 spiro atoms. The molecule has 1 fully saturated rings. The van der Waals surface area contributed by atoms with Crippen LogP contribution >= 0.6 is 0 Å². The molecule has 1 aliphatic rings. The highest BCUT2D eigenvalue weighted by molar-refractivity contribution is 5.84.